The summed E-state index contributed by atoms with van der Waals surface area (Å²) in [7, 11) is 0. The molecule has 1 fully saturated rings. The maximum absolute atomic E-state index is 12.8. The average molecular weight is 351 g/mol. The highest BCUT2D eigenvalue weighted by Gasteiger charge is 2.32. The zero-order chi connectivity index (χ0) is 16.9. The first-order valence-corrected chi connectivity index (χ1v) is 9.12. The van der Waals surface area contributed by atoms with Crippen LogP contribution in [0.5, 0.6) is 5.75 Å². The van der Waals surface area contributed by atoms with Crippen molar-refractivity contribution in [1.29, 1.82) is 0 Å². The molecular weight excluding hydrogens is 330 g/mol. The summed E-state index contributed by atoms with van der Waals surface area (Å²) in [4.78, 5) is 26.4. The van der Waals surface area contributed by atoms with Gasteiger partial charge in [-0.1, -0.05) is 12.1 Å². The van der Waals surface area contributed by atoms with Crippen LogP contribution in [0.4, 0.5) is 0 Å². The van der Waals surface area contributed by atoms with Crippen molar-refractivity contribution in [1.82, 2.24) is 4.90 Å². The van der Waals surface area contributed by atoms with Crippen molar-refractivity contribution in [3.05, 3.63) is 24.3 Å². The van der Waals surface area contributed by atoms with Crippen molar-refractivity contribution >= 4 is 23.6 Å². The first kappa shape index (κ1) is 17.1. The number of thioether (sulfide) groups is 1. The van der Waals surface area contributed by atoms with E-state index in [-0.39, 0.29) is 25.0 Å². The normalized spacial score (nSPS) is 22.5. The molecule has 2 heterocycles. The summed E-state index contributed by atoms with van der Waals surface area (Å²) >= 11 is 1.59. The van der Waals surface area contributed by atoms with Crippen LogP contribution in [0.2, 0.25) is 0 Å². The summed E-state index contributed by atoms with van der Waals surface area (Å²) in [5.41, 5.74) is 0. The Hall–Kier alpha value is -1.73. The number of fused-ring (bicyclic) bond motifs is 1. The Balaban J connectivity index is 1.66. The number of nitrogens with zero attached hydrogens (tertiary/aromatic N) is 1. The van der Waals surface area contributed by atoms with Crippen molar-refractivity contribution in [3.8, 4) is 5.75 Å². The van der Waals surface area contributed by atoms with Crippen molar-refractivity contribution in [2.75, 3.05) is 25.4 Å². The molecule has 0 radical (unpaired) electrons. The summed E-state index contributed by atoms with van der Waals surface area (Å²) in [5.74, 6) is 0.172. The minimum absolute atomic E-state index is 0.00808. The first-order chi connectivity index (χ1) is 11.6. The van der Waals surface area contributed by atoms with Gasteiger partial charge < -0.3 is 19.5 Å². The van der Waals surface area contributed by atoms with Crippen LogP contribution in [0.25, 0.3) is 0 Å². The van der Waals surface area contributed by atoms with Gasteiger partial charge in [0.25, 0.3) is 5.91 Å². The van der Waals surface area contributed by atoms with Gasteiger partial charge in [-0.05, 0) is 25.0 Å². The monoisotopic (exact) mass is 351 g/mol. The standard InChI is InChI=1S/C17H21NO5S/c19-16(20)7-8-18(10-12-4-3-9-22-12)17(21)14-11-24-15-6-2-1-5-13(15)23-14/h1-2,5-6,12,14H,3-4,7-11H2,(H,19,20)/t12-,14-/m0/s1. The van der Waals surface area contributed by atoms with E-state index in [0.717, 1.165) is 17.7 Å². The van der Waals surface area contributed by atoms with Gasteiger partial charge in [0.05, 0.1) is 12.5 Å². The minimum atomic E-state index is -0.913. The molecule has 0 spiro atoms. The number of para-hydroxylation sites is 1. The van der Waals surface area contributed by atoms with Crippen LogP contribution in [0, 0.1) is 0 Å². The first-order valence-electron chi connectivity index (χ1n) is 8.14. The zero-order valence-electron chi connectivity index (χ0n) is 13.3. The molecule has 1 amide bonds. The molecular formula is C17H21NO5S. The third-order valence-corrected chi connectivity index (χ3v) is 5.26. The number of amides is 1. The molecule has 2 aliphatic heterocycles. The number of carbonyl (C=O) groups excluding carboxylic acids is 1. The number of ether oxygens (including phenoxy) is 2. The van der Waals surface area contributed by atoms with Gasteiger partial charge in [-0.3, -0.25) is 9.59 Å². The van der Waals surface area contributed by atoms with Gasteiger partial charge in [-0.15, -0.1) is 11.8 Å². The number of rotatable bonds is 6. The average Bonchev–Trinajstić information content (AvgIpc) is 3.10. The maximum Gasteiger partial charge on any atom is 0.305 e. The van der Waals surface area contributed by atoms with Gasteiger partial charge >= 0.3 is 5.97 Å². The topological polar surface area (TPSA) is 76.1 Å². The quantitative estimate of drug-likeness (QED) is 0.845. The van der Waals surface area contributed by atoms with Crippen LogP contribution in [0.15, 0.2) is 29.2 Å². The molecule has 6 nitrogen and oxygen atoms in total. The lowest BCUT2D eigenvalue weighted by Gasteiger charge is -2.31. The molecule has 7 heteroatoms. The number of carboxylic acids is 1. The van der Waals surface area contributed by atoms with E-state index in [2.05, 4.69) is 0 Å². The number of hydrogen-bond acceptors (Lipinski definition) is 5. The molecule has 0 saturated carbocycles. The third kappa shape index (κ3) is 4.21. The molecule has 1 N–H and O–H groups in total. The molecule has 0 aromatic heterocycles. The molecule has 130 valence electrons. The Morgan fingerprint density at radius 1 is 1.33 bits per heavy atom. The zero-order valence-corrected chi connectivity index (χ0v) is 14.2. The summed E-state index contributed by atoms with van der Waals surface area (Å²) in [6, 6.07) is 7.63. The number of hydrogen-bond donors (Lipinski definition) is 1. The summed E-state index contributed by atoms with van der Waals surface area (Å²) < 4.78 is 11.4. The van der Waals surface area contributed by atoms with Gasteiger partial charge in [0.15, 0.2) is 6.10 Å². The van der Waals surface area contributed by atoms with Gasteiger partial charge in [0.2, 0.25) is 0 Å². The Kier molecular flexibility index (Phi) is 5.63. The molecule has 1 aromatic carbocycles. The highest BCUT2D eigenvalue weighted by molar-refractivity contribution is 7.99. The van der Waals surface area contributed by atoms with E-state index >= 15 is 0 Å². The maximum atomic E-state index is 12.8. The molecule has 24 heavy (non-hydrogen) atoms. The predicted octanol–water partition coefficient (Wildman–Crippen LogP) is 2.02. The van der Waals surface area contributed by atoms with Crippen molar-refractivity contribution in [2.45, 2.75) is 36.4 Å². The molecule has 0 bridgehead atoms. The highest BCUT2D eigenvalue weighted by atomic mass is 32.2. The van der Waals surface area contributed by atoms with Crippen LogP contribution in [0.1, 0.15) is 19.3 Å². The second-order valence-corrected chi connectivity index (χ2v) is 6.99. The fourth-order valence-electron chi connectivity index (χ4n) is 2.90. The summed E-state index contributed by atoms with van der Waals surface area (Å²) in [6.45, 7) is 1.31. The predicted molar refractivity (Wildman–Crippen MR) is 89.4 cm³/mol. The highest BCUT2D eigenvalue weighted by Crippen LogP contribution is 2.35. The summed E-state index contributed by atoms with van der Waals surface area (Å²) in [6.07, 6.45) is 1.22. The Bertz CT molecular complexity index is 602. The SMILES string of the molecule is O=C(O)CCN(C[C@@H]1CCCO1)C(=O)[C@@H]1CSc2ccccc2O1. The Morgan fingerprint density at radius 3 is 2.92 bits per heavy atom. The van der Waals surface area contributed by atoms with E-state index in [4.69, 9.17) is 14.6 Å². The molecule has 0 aliphatic carbocycles. The van der Waals surface area contributed by atoms with Crippen molar-refractivity contribution < 1.29 is 24.2 Å². The fraction of sp³-hybridized carbons (Fsp3) is 0.529. The van der Waals surface area contributed by atoms with Crippen LogP contribution < -0.4 is 4.74 Å². The Morgan fingerprint density at radius 2 is 2.17 bits per heavy atom. The van der Waals surface area contributed by atoms with E-state index in [0.29, 0.717) is 24.7 Å². The van der Waals surface area contributed by atoms with Crippen LogP contribution in [0.3, 0.4) is 0 Å². The van der Waals surface area contributed by atoms with Gasteiger partial charge in [0.1, 0.15) is 5.75 Å². The van der Waals surface area contributed by atoms with Gasteiger partial charge in [-0.25, -0.2) is 0 Å². The van der Waals surface area contributed by atoms with E-state index in [1.165, 1.54) is 0 Å². The van der Waals surface area contributed by atoms with Crippen molar-refractivity contribution in [2.24, 2.45) is 0 Å². The number of aliphatic carboxylic acids is 1. The lowest BCUT2D eigenvalue weighted by Crippen LogP contribution is -2.47. The number of carboxylic acid groups (broad SMARTS) is 1. The van der Waals surface area contributed by atoms with E-state index < -0.39 is 12.1 Å². The van der Waals surface area contributed by atoms with E-state index in [1.807, 2.05) is 24.3 Å². The molecule has 2 aliphatic rings. The lowest BCUT2D eigenvalue weighted by atomic mass is 10.2. The molecule has 2 atom stereocenters. The van der Waals surface area contributed by atoms with Gasteiger partial charge in [-0.2, -0.15) is 0 Å². The third-order valence-electron chi connectivity index (χ3n) is 4.14. The minimum Gasteiger partial charge on any atom is -0.481 e. The second kappa shape index (κ2) is 7.90. The number of carbonyl (C=O) groups is 2. The molecule has 3 rings (SSSR count). The lowest BCUT2D eigenvalue weighted by molar-refractivity contribution is -0.142. The molecule has 0 unspecified atom stereocenters. The van der Waals surface area contributed by atoms with Crippen LogP contribution in [-0.2, 0) is 14.3 Å². The van der Waals surface area contributed by atoms with Crippen LogP contribution in [-0.4, -0.2) is 59.5 Å². The largest absolute Gasteiger partial charge is 0.481 e. The van der Waals surface area contributed by atoms with E-state index in [9.17, 15) is 9.59 Å². The smallest absolute Gasteiger partial charge is 0.305 e. The Labute approximate surface area is 145 Å². The van der Waals surface area contributed by atoms with Gasteiger partial charge in [0, 0.05) is 30.3 Å². The molecule has 1 saturated heterocycles. The van der Waals surface area contributed by atoms with Crippen molar-refractivity contribution in [3.63, 3.8) is 0 Å². The van der Waals surface area contributed by atoms with E-state index in [1.54, 1.807) is 16.7 Å². The fourth-order valence-corrected chi connectivity index (χ4v) is 3.88. The summed E-state index contributed by atoms with van der Waals surface area (Å²) in [5, 5.41) is 8.94. The van der Waals surface area contributed by atoms with Crippen LogP contribution >= 0.6 is 11.8 Å². The second-order valence-electron chi connectivity index (χ2n) is 5.93. The molecule has 1 aromatic rings. The number of benzene rings is 1.